The molecule has 5 fully saturated rings. The van der Waals surface area contributed by atoms with Crippen LogP contribution < -0.4 is 5.32 Å². The van der Waals surface area contributed by atoms with E-state index in [9.17, 15) is 5.11 Å². The Morgan fingerprint density at radius 3 is 3.04 bits per heavy atom. The number of piperidine rings is 1. The van der Waals surface area contributed by atoms with Crippen molar-refractivity contribution in [3.8, 4) is 5.75 Å². The van der Waals surface area contributed by atoms with E-state index in [4.69, 9.17) is 4.74 Å². The van der Waals surface area contributed by atoms with Crippen LogP contribution in [0, 0.1) is 11.8 Å². The van der Waals surface area contributed by atoms with Gasteiger partial charge in [-0.1, -0.05) is 12.1 Å². The van der Waals surface area contributed by atoms with Gasteiger partial charge in [-0.3, -0.25) is 4.90 Å². The smallest absolute Gasteiger partial charge is 0.119 e. The maximum absolute atomic E-state index is 11.0. The molecule has 0 radical (unpaired) electrons. The van der Waals surface area contributed by atoms with Crippen molar-refractivity contribution in [2.45, 2.75) is 67.7 Å². The molecule has 1 aromatic rings. The predicted molar refractivity (Wildman–Crippen MR) is 98.3 cm³/mol. The summed E-state index contributed by atoms with van der Waals surface area (Å²) in [7, 11) is 0. The number of ether oxygens (including phenoxy) is 1. The molecule has 2 N–H and O–H groups in total. The van der Waals surface area contributed by atoms with E-state index in [1.807, 2.05) is 12.1 Å². The molecule has 2 saturated carbocycles. The third-order valence-corrected chi connectivity index (χ3v) is 8.88. The van der Waals surface area contributed by atoms with Crippen LogP contribution >= 0.6 is 0 Å². The summed E-state index contributed by atoms with van der Waals surface area (Å²) in [6, 6.07) is 7.30. The molecule has 4 bridgehead atoms. The second-order valence-corrected chi connectivity index (χ2v) is 9.82. The molecule has 6 aliphatic rings. The summed E-state index contributed by atoms with van der Waals surface area (Å²) < 4.78 is 7.05. The molecule has 1 aromatic carbocycles. The molecule has 6 atom stereocenters. The van der Waals surface area contributed by atoms with Gasteiger partial charge in [0.15, 0.2) is 0 Å². The molecule has 26 heavy (non-hydrogen) atoms. The van der Waals surface area contributed by atoms with Crippen molar-refractivity contribution in [1.29, 1.82) is 0 Å². The zero-order chi connectivity index (χ0) is 17.1. The van der Waals surface area contributed by atoms with E-state index >= 15 is 0 Å². The lowest BCUT2D eigenvalue weighted by molar-refractivity contribution is -0.164. The summed E-state index contributed by atoms with van der Waals surface area (Å²) in [5.74, 6) is 1.98. The summed E-state index contributed by atoms with van der Waals surface area (Å²) in [5, 5.41) is 14.7. The second-order valence-electron chi connectivity index (χ2n) is 9.82. The minimum atomic E-state index is -0.0695. The number of hydrogen-bond donors (Lipinski definition) is 2. The number of hydrogen-bond acceptors (Lipinski definition) is 4. The minimum Gasteiger partial charge on any atom is -0.508 e. The Morgan fingerprint density at radius 2 is 2.15 bits per heavy atom. The van der Waals surface area contributed by atoms with Crippen LogP contribution in [0.4, 0.5) is 0 Å². The Bertz CT molecular complexity index is 792. The van der Waals surface area contributed by atoms with E-state index in [2.05, 4.69) is 16.3 Å². The van der Waals surface area contributed by atoms with Crippen LogP contribution in [0.3, 0.4) is 0 Å². The molecule has 0 spiro atoms. The fourth-order valence-electron chi connectivity index (χ4n) is 7.97. The maximum Gasteiger partial charge on any atom is 0.119 e. The fraction of sp³-hybridized carbons (Fsp3) is 0.727. The van der Waals surface area contributed by atoms with Gasteiger partial charge >= 0.3 is 0 Å². The SMILES string of the molecule is Oc1cccc2c1C13CCN(CC4CC4)C(C2)C12CCC1NC[C@@H](O2)C13. The second kappa shape index (κ2) is 4.65. The van der Waals surface area contributed by atoms with Gasteiger partial charge in [0.05, 0.1) is 11.7 Å². The lowest BCUT2D eigenvalue weighted by Crippen LogP contribution is -2.74. The summed E-state index contributed by atoms with van der Waals surface area (Å²) in [4.78, 5) is 2.79. The Labute approximate surface area is 154 Å². The van der Waals surface area contributed by atoms with E-state index < -0.39 is 0 Å². The Hall–Kier alpha value is -1.10. The summed E-state index contributed by atoms with van der Waals surface area (Å²) in [6.07, 6.45) is 7.75. The van der Waals surface area contributed by atoms with Gasteiger partial charge in [-0.05, 0) is 62.6 Å². The monoisotopic (exact) mass is 352 g/mol. The average Bonchev–Trinajstić information content (AvgIpc) is 3.29. The zero-order valence-electron chi connectivity index (χ0n) is 15.3. The van der Waals surface area contributed by atoms with E-state index in [0.717, 1.165) is 31.7 Å². The van der Waals surface area contributed by atoms with E-state index in [0.29, 0.717) is 29.9 Å². The highest BCUT2D eigenvalue weighted by atomic mass is 16.5. The number of nitrogens with zero attached hydrogens (tertiary/aromatic N) is 1. The summed E-state index contributed by atoms with van der Waals surface area (Å²) in [5.41, 5.74) is 2.61. The molecule has 3 saturated heterocycles. The standard InChI is InChI=1S/C22H28N2O2/c25-16-3-1-2-14-10-18-22-7-6-15-20(17(26-22)11-23-15)21(22,19(14)16)8-9-24(18)12-13-4-5-13/h1-3,13,15,17-18,20,23,25H,4-12H2/t15?,17-,18?,20?,21?,22?/m1/s1. The van der Waals surface area contributed by atoms with Gasteiger partial charge < -0.3 is 15.2 Å². The molecule has 0 amide bonds. The average molecular weight is 352 g/mol. The van der Waals surface area contributed by atoms with Gasteiger partial charge in [-0.2, -0.15) is 0 Å². The number of rotatable bonds is 2. The highest BCUT2D eigenvalue weighted by Gasteiger charge is 2.77. The van der Waals surface area contributed by atoms with Crippen molar-refractivity contribution in [3.05, 3.63) is 29.3 Å². The number of benzene rings is 1. The van der Waals surface area contributed by atoms with E-state index in [-0.39, 0.29) is 11.0 Å². The third-order valence-electron chi connectivity index (χ3n) is 8.88. The van der Waals surface area contributed by atoms with Gasteiger partial charge in [0.1, 0.15) is 5.75 Å². The van der Waals surface area contributed by atoms with Crippen LogP contribution in [-0.4, -0.2) is 53.4 Å². The highest BCUT2D eigenvalue weighted by Crippen LogP contribution is 2.69. The molecule has 7 rings (SSSR count). The lowest BCUT2D eigenvalue weighted by Gasteiger charge is -2.64. The lowest BCUT2D eigenvalue weighted by atomic mass is 9.46. The molecule has 4 heteroatoms. The van der Waals surface area contributed by atoms with Crippen LogP contribution in [0.1, 0.15) is 43.2 Å². The zero-order valence-corrected chi connectivity index (χ0v) is 15.3. The quantitative estimate of drug-likeness (QED) is 0.856. The molecule has 3 aliphatic carbocycles. The van der Waals surface area contributed by atoms with Gasteiger partial charge in [0.25, 0.3) is 0 Å². The van der Waals surface area contributed by atoms with Gasteiger partial charge in [-0.25, -0.2) is 0 Å². The van der Waals surface area contributed by atoms with E-state index in [1.54, 1.807) is 0 Å². The Balaban J connectivity index is 1.47. The summed E-state index contributed by atoms with van der Waals surface area (Å²) in [6.45, 7) is 3.43. The number of likely N-dealkylation sites (tertiary alicyclic amines) is 1. The maximum atomic E-state index is 11.0. The fourth-order valence-corrected chi connectivity index (χ4v) is 7.97. The third kappa shape index (κ3) is 1.52. The van der Waals surface area contributed by atoms with E-state index in [1.165, 1.54) is 43.5 Å². The number of nitrogens with one attached hydrogen (secondary N) is 1. The first-order chi connectivity index (χ1) is 12.7. The summed E-state index contributed by atoms with van der Waals surface area (Å²) >= 11 is 0. The first-order valence-corrected chi connectivity index (χ1v) is 10.7. The van der Waals surface area contributed by atoms with Crippen LogP contribution in [0.15, 0.2) is 18.2 Å². The van der Waals surface area contributed by atoms with Crippen molar-refractivity contribution >= 4 is 0 Å². The number of fused-ring (bicyclic) bond motifs is 1. The van der Waals surface area contributed by atoms with Gasteiger partial charge in [0, 0.05) is 42.1 Å². The molecule has 138 valence electrons. The number of phenols is 1. The molecule has 3 aliphatic heterocycles. The van der Waals surface area contributed by atoms with Crippen LogP contribution in [-0.2, 0) is 16.6 Å². The van der Waals surface area contributed by atoms with Gasteiger partial charge in [0.2, 0.25) is 0 Å². The highest BCUT2D eigenvalue weighted by molar-refractivity contribution is 5.55. The van der Waals surface area contributed by atoms with Crippen molar-refractivity contribution in [2.75, 3.05) is 19.6 Å². The van der Waals surface area contributed by atoms with Crippen LogP contribution in [0.5, 0.6) is 5.75 Å². The van der Waals surface area contributed by atoms with Crippen molar-refractivity contribution in [2.24, 2.45) is 11.8 Å². The van der Waals surface area contributed by atoms with Crippen molar-refractivity contribution in [1.82, 2.24) is 10.2 Å². The largest absolute Gasteiger partial charge is 0.508 e. The Kier molecular flexibility index (Phi) is 2.67. The molecule has 3 heterocycles. The van der Waals surface area contributed by atoms with Crippen LogP contribution in [0.25, 0.3) is 0 Å². The van der Waals surface area contributed by atoms with Crippen molar-refractivity contribution in [3.63, 3.8) is 0 Å². The molecule has 0 aromatic heterocycles. The molecule has 4 nitrogen and oxygen atoms in total. The Morgan fingerprint density at radius 1 is 1.23 bits per heavy atom. The first-order valence-electron chi connectivity index (χ1n) is 10.7. The molecular formula is C22H28N2O2. The molecular weight excluding hydrogens is 324 g/mol. The number of phenolic OH excluding ortho intramolecular Hbond substituents is 1. The van der Waals surface area contributed by atoms with Crippen molar-refractivity contribution < 1.29 is 9.84 Å². The normalized spacial score (nSPS) is 48.3. The number of aromatic hydroxyl groups is 1. The first kappa shape index (κ1) is 14.9. The predicted octanol–water partition coefficient (Wildman–Crippen LogP) is 2.19. The van der Waals surface area contributed by atoms with Gasteiger partial charge in [-0.15, -0.1) is 0 Å². The van der Waals surface area contributed by atoms with Crippen LogP contribution in [0.2, 0.25) is 0 Å². The molecule has 5 unspecified atom stereocenters. The minimum absolute atomic E-state index is 0.0216. The topological polar surface area (TPSA) is 44.7 Å².